The minimum atomic E-state index is -1.21. The van der Waals surface area contributed by atoms with Crippen molar-refractivity contribution in [1.82, 2.24) is 0 Å². The number of carbonyl (C=O) groups excluding carboxylic acids is 2. The van der Waals surface area contributed by atoms with Crippen LogP contribution in [0, 0.1) is 150 Å². The van der Waals surface area contributed by atoms with Gasteiger partial charge in [-0.25, -0.2) is 9.59 Å². The van der Waals surface area contributed by atoms with Crippen LogP contribution in [0.5, 0.6) is 0 Å². The Kier molecular flexibility index (Phi) is 1670. The molecular weight excluding hydrogens is 936 g/mol. The van der Waals surface area contributed by atoms with E-state index < -0.39 is 12.3 Å². The van der Waals surface area contributed by atoms with E-state index in [1.54, 1.807) is 23.0 Å². The fourth-order valence-electron chi connectivity index (χ4n) is 0.343. The molecule has 0 aromatic rings. The van der Waals surface area contributed by atoms with Crippen LogP contribution in [0.2, 0.25) is 0 Å². The first-order valence-corrected chi connectivity index (χ1v) is 12.2. The summed E-state index contributed by atoms with van der Waals surface area (Å²) >= 11 is 0. The number of hydrogen-bond acceptors (Lipinski definition) is 9. The molecule has 1 radical (unpaired) electrons. The molecule has 0 spiro atoms. The third-order valence-corrected chi connectivity index (χ3v) is 1.04. The van der Waals surface area contributed by atoms with Gasteiger partial charge in [0.25, 0.3) is 0 Å². The van der Waals surface area contributed by atoms with Gasteiger partial charge in [-0.15, -0.1) is 0 Å². The molecule has 1 unspecified atom stereocenters. The van der Waals surface area contributed by atoms with Crippen LogP contribution in [0.15, 0.2) is 0 Å². The van der Waals surface area contributed by atoms with Gasteiger partial charge in [-0.2, -0.15) is 9.59 Å². The Morgan fingerprint density at radius 3 is 0.610 bits per heavy atom. The molecule has 0 amide bonds. The van der Waals surface area contributed by atoms with Crippen LogP contribution >= 0.6 is 9.12 Å². The van der Waals surface area contributed by atoms with Crippen molar-refractivity contribution in [3.05, 3.63) is 150 Å². The molecule has 1 aliphatic heterocycles. The second kappa shape index (κ2) is 430. The van der Waals surface area contributed by atoms with Crippen LogP contribution in [-0.2, 0) is 78.7 Å². The van der Waals surface area contributed by atoms with Gasteiger partial charge < -0.3 is 129 Å². The van der Waals surface area contributed by atoms with Crippen LogP contribution in [0.3, 0.4) is 0 Å². The first kappa shape index (κ1) is 229. The summed E-state index contributed by atoms with van der Waals surface area (Å²) in [4.78, 5) is 35.0. The van der Waals surface area contributed by atoms with Crippen molar-refractivity contribution in [2.45, 2.75) is 65.4 Å². The molecule has 1 saturated heterocycles. The molecule has 0 aromatic carbocycles. The molecule has 373 valence electrons. The van der Waals surface area contributed by atoms with Crippen LogP contribution in [0.25, 0.3) is 0 Å². The van der Waals surface area contributed by atoms with Crippen molar-refractivity contribution in [2.75, 3.05) is 26.9 Å². The predicted octanol–water partition coefficient (Wildman–Crippen LogP) is 6.67. The average Bonchev–Trinajstić information content (AvgIpc) is 3.68. The monoisotopic (exact) mass is 1030 g/mol. The summed E-state index contributed by atoms with van der Waals surface area (Å²) in [6.07, 6.45) is 2.91. The van der Waals surface area contributed by atoms with Crippen molar-refractivity contribution < 1.29 is 136 Å². The summed E-state index contributed by atoms with van der Waals surface area (Å²) in [7, 11) is 2.72. The molecule has 1 aliphatic rings. The van der Waals surface area contributed by atoms with E-state index in [0.29, 0.717) is 6.10 Å². The molecule has 1 atom stereocenters. The normalized spacial score (nSPS) is 6.15. The van der Waals surface area contributed by atoms with E-state index in [0.717, 1.165) is 52.2 Å². The second-order valence-electron chi connectivity index (χ2n) is 4.75. The Hall–Kier alpha value is -2.34. The third-order valence-electron chi connectivity index (χ3n) is 1.04. The van der Waals surface area contributed by atoms with E-state index in [9.17, 15) is 9.59 Å². The molecule has 1 heterocycles. The van der Waals surface area contributed by atoms with Gasteiger partial charge in [0.05, 0.1) is 25.9 Å². The Morgan fingerprint density at radius 1 is 0.542 bits per heavy atom. The van der Waals surface area contributed by atoms with Gasteiger partial charge in [0.2, 0.25) is 38.5 Å². The maximum Gasteiger partial charge on any atom is 3.00 e. The Morgan fingerprint density at radius 2 is 0.610 bits per heavy atom. The summed E-state index contributed by atoms with van der Waals surface area (Å²) in [6, 6.07) is 0. The SMILES string of the molecule is CC1CO1.CCOC(=O)O.CCOC(=O)O.CO.O.O.O.O.O.O.O=C=O.O=P.[CH2+]C[CH2+].[CH2+]C[CH2+].[CH2+]C[CH2+].[CH2+]C[CH2+].[CH2+]C[CH2+].[CH2+]C[CH2+].[CH3-].[CH3-].[CH3-].[CH3-].[CH3-].[CH3-].[CH3-].[CH3-].[CH3-].[Co+2].[Co+3].[Co+3]. The fraction of sp³-hybridized carbons (Fsp3) is 0.368. The van der Waals surface area contributed by atoms with Crippen LogP contribution < -0.4 is 0 Å². The molecule has 0 aromatic heterocycles. The summed E-state index contributed by atoms with van der Waals surface area (Å²) in [5, 5.41) is 22.4. The molecule has 15 N–H and O–H groups in total. The van der Waals surface area contributed by atoms with E-state index in [1.165, 1.54) is 0 Å². The quantitative estimate of drug-likeness (QED) is 0.113. The number of ether oxygens (including phenoxy) is 3. The van der Waals surface area contributed by atoms with Crippen molar-refractivity contribution in [2.24, 2.45) is 0 Å². The molecule has 59 heavy (non-hydrogen) atoms. The maximum atomic E-state index is 9.38. The maximum absolute atomic E-state index is 9.38. The number of rotatable bonds is 2. The van der Waals surface area contributed by atoms with Crippen molar-refractivity contribution in [3.63, 3.8) is 0 Å². The number of carboxylic acid groups (broad SMARTS) is 2. The number of carbonyl (C=O) groups is 2. The molecule has 17 nitrogen and oxygen atoms in total. The first-order valence-electron chi connectivity index (χ1n) is 11.8. The molecule has 1 fully saturated rings. The van der Waals surface area contributed by atoms with Gasteiger partial charge in [-0.3, -0.25) is 4.57 Å². The van der Waals surface area contributed by atoms with E-state index >= 15 is 0 Å². The van der Waals surface area contributed by atoms with Gasteiger partial charge in [0.1, 0.15) is 92.2 Å². The predicted molar refractivity (Wildman–Crippen MR) is 248 cm³/mol. The van der Waals surface area contributed by atoms with E-state index in [-0.39, 0.29) is 169 Å². The number of aliphatic hydroxyl groups is 1. The number of hydrogen-bond donors (Lipinski definition) is 3. The Labute approximate surface area is 404 Å². The minimum absolute atomic E-state index is 0. The second-order valence-corrected chi connectivity index (χ2v) is 4.75. The molecule has 0 bridgehead atoms. The zero-order valence-electron chi connectivity index (χ0n) is 39.0. The van der Waals surface area contributed by atoms with Gasteiger partial charge in [-0.1, -0.05) is 0 Å². The zero-order chi connectivity index (χ0) is 35.9. The minimum Gasteiger partial charge on any atom is -0.450 e. The van der Waals surface area contributed by atoms with Crippen LogP contribution in [0.1, 0.15) is 59.3 Å². The molecule has 21 heteroatoms. The summed E-state index contributed by atoms with van der Waals surface area (Å²) < 4.78 is 20.7. The largest absolute Gasteiger partial charge is 3.00 e. The van der Waals surface area contributed by atoms with Crippen LogP contribution in [-0.4, -0.2) is 99.7 Å². The van der Waals surface area contributed by atoms with Gasteiger partial charge >= 0.3 is 68.8 Å². The molecule has 0 aliphatic carbocycles. The summed E-state index contributed by atoms with van der Waals surface area (Å²) in [5.74, 6) is 0. The van der Waals surface area contributed by atoms with E-state index in [4.69, 9.17) is 34.2 Å². The zero-order valence-corrected chi connectivity index (χ0v) is 43.2. The smallest absolute Gasteiger partial charge is 0.450 e. The average molecular weight is 1030 g/mol. The molecule has 1 rings (SSSR count). The standard InChI is InChI=1S/2C3H6O3.C3H6O.6C3H6.CO2.CH4O.9CH3.3Co.HOP.6H2O/c2*1-2-6-3(4)5;1-3-2-4-3;6*1-3-2;2-1-3;1-2;;;;;;;;;;;;;1-2;;;;;;/h2*2H2,1H3,(H,4,5);3H,2H2,1H3;6*1-3H2;;2H,1H3;9*1H3;;;;2H;6*1H2/q;;;6*+2;;;9*-1;+2;2*+3;;;;;;;. The van der Waals surface area contributed by atoms with Gasteiger partial charge in [0, 0.05) is 7.11 Å². The van der Waals surface area contributed by atoms with Crippen molar-refractivity contribution >= 4 is 27.6 Å². The number of aliphatic hydroxyl groups excluding tert-OH is 1. The Bertz CT molecular complexity index is 366. The van der Waals surface area contributed by atoms with Gasteiger partial charge in [-0.05, 0) is 20.8 Å². The summed E-state index contributed by atoms with van der Waals surface area (Å²) in [6.45, 7) is 47.2. The first-order chi connectivity index (χ1) is 19.3. The Balaban J connectivity index is -0.00000000607. The third kappa shape index (κ3) is 3610. The van der Waals surface area contributed by atoms with Crippen molar-refractivity contribution in [1.29, 1.82) is 0 Å². The van der Waals surface area contributed by atoms with Gasteiger partial charge in [0.15, 0.2) is 0 Å². The van der Waals surface area contributed by atoms with E-state index in [1.807, 2.05) is 0 Å². The fourth-order valence-corrected chi connectivity index (χ4v) is 0.343. The van der Waals surface area contributed by atoms with Crippen LogP contribution in [0.4, 0.5) is 9.59 Å². The topological polar surface area (TPSA) is 366 Å². The number of epoxide rings is 1. The molecule has 0 saturated carbocycles. The van der Waals surface area contributed by atoms with Crippen molar-refractivity contribution in [3.8, 4) is 0 Å². The molecular formula is C38H98Co3O17P+11. The van der Waals surface area contributed by atoms with E-state index in [2.05, 4.69) is 99.5 Å². The summed E-state index contributed by atoms with van der Waals surface area (Å²) in [5.41, 5.74) is 0.